The molecule has 0 aromatic heterocycles. The fourth-order valence-electron chi connectivity index (χ4n) is 2.84. The SMILES string of the molecule is CCC(C)(CC(C)(C)C(=O)OC(C)CC(C)(O)C(F)(F)F)C(=O)OCCOC. The molecule has 166 valence electrons. The van der Waals surface area contributed by atoms with Gasteiger partial charge >= 0.3 is 18.1 Å². The minimum Gasteiger partial charge on any atom is -0.463 e. The summed E-state index contributed by atoms with van der Waals surface area (Å²) in [6.45, 7) is 8.80. The molecule has 0 saturated heterocycles. The standard InChI is InChI=1S/C19H33F3O6/c1-8-17(5,15(24)27-10-9-26-7)12-16(3,4)14(23)28-13(2)11-18(6,25)19(20,21)22/h13,25H,8-12H2,1-7H3. The Morgan fingerprint density at radius 3 is 2.00 bits per heavy atom. The van der Waals surface area contributed by atoms with Crippen LogP contribution in [0, 0.1) is 10.8 Å². The van der Waals surface area contributed by atoms with E-state index in [2.05, 4.69) is 0 Å². The number of esters is 2. The Hall–Kier alpha value is -1.35. The number of rotatable bonds is 11. The molecule has 0 aromatic rings. The van der Waals surface area contributed by atoms with Crippen molar-refractivity contribution < 1.29 is 42.1 Å². The summed E-state index contributed by atoms with van der Waals surface area (Å²) in [7, 11) is 1.48. The fraction of sp³-hybridized carbons (Fsp3) is 0.895. The molecule has 0 aliphatic rings. The van der Waals surface area contributed by atoms with Crippen LogP contribution >= 0.6 is 0 Å². The second-order valence-corrected chi connectivity index (χ2v) is 8.30. The zero-order valence-electron chi connectivity index (χ0n) is 17.7. The molecule has 0 spiro atoms. The average Bonchev–Trinajstić information content (AvgIpc) is 2.52. The summed E-state index contributed by atoms with van der Waals surface area (Å²) in [4.78, 5) is 24.9. The number of methoxy groups -OCH3 is 1. The Kier molecular flexibility index (Phi) is 9.44. The van der Waals surface area contributed by atoms with Gasteiger partial charge in [-0.2, -0.15) is 13.2 Å². The van der Waals surface area contributed by atoms with E-state index in [0.29, 0.717) is 13.3 Å². The van der Waals surface area contributed by atoms with Crippen LogP contribution in [0.1, 0.15) is 60.8 Å². The Morgan fingerprint density at radius 1 is 1.04 bits per heavy atom. The molecule has 0 aromatic carbocycles. The number of carbonyl (C=O) groups is 2. The van der Waals surface area contributed by atoms with Gasteiger partial charge in [0.2, 0.25) is 0 Å². The van der Waals surface area contributed by atoms with E-state index in [1.165, 1.54) is 14.0 Å². The summed E-state index contributed by atoms with van der Waals surface area (Å²) < 4.78 is 53.5. The molecule has 9 heteroatoms. The second-order valence-electron chi connectivity index (χ2n) is 8.30. The first-order valence-corrected chi connectivity index (χ1v) is 9.19. The second kappa shape index (κ2) is 9.91. The summed E-state index contributed by atoms with van der Waals surface area (Å²) in [5.41, 5.74) is -5.10. The molecule has 3 atom stereocenters. The maximum Gasteiger partial charge on any atom is 0.417 e. The van der Waals surface area contributed by atoms with Crippen molar-refractivity contribution in [2.75, 3.05) is 20.3 Å². The molecule has 28 heavy (non-hydrogen) atoms. The van der Waals surface area contributed by atoms with E-state index >= 15 is 0 Å². The Labute approximate surface area is 164 Å². The maximum absolute atomic E-state index is 12.8. The van der Waals surface area contributed by atoms with E-state index in [9.17, 15) is 27.9 Å². The highest BCUT2D eigenvalue weighted by Crippen LogP contribution is 2.39. The number of alkyl halides is 3. The lowest BCUT2D eigenvalue weighted by Crippen LogP contribution is -2.46. The number of hydrogen-bond donors (Lipinski definition) is 1. The first kappa shape index (κ1) is 26.6. The van der Waals surface area contributed by atoms with Gasteiger partial charge in [0.15, 0.2) is 5.60 Å². The van der Waals surface area contributed by atoms with E-state index in [0.717, 1.165) is 0 Å². The molecule has 0 amide bonds. The lowest BCUT2D eigenvalue weighted by molar-refractivity contribution is -0.261. The zero-order chi connectivity index (χ0) is 22.4. The van der Waals surface area contributed by atoms with Gasteiger partial charge in [0, 0.05) is 13.5 Å². The maximum atomic E-state index is 12.8. The smallest absolute Gasteiger partial charge is 0.417 e. The van der Waals surface area contributed by atoms with E-state index in [-0.39, 0.29) is 19.6 Å². The van der Waals surface area contributed by atoms with E-state index in [1.807, 2.05) is 0 Å². The van der Waals surface area contributed by atoms with Crippen molar-refractivity contribution in [2.24, 2.45) is 10.8 Å². The van der Waals surface area contributed by atoms with Crippen molar-refractivity contribution in [3.05, 3.63) is 0 Å². The Bertz CT molecular complexity index is 530. The largest absolute Gasteiger partial charge is 0.463 e. The molecule has 0 rings (SSSR count). The van der Waals surface area contributed by atoms with Crippen molar-refractivity contribution >= 4 is 11.9 Å². The van der Waals surface area contributed by atoms with E-state index in [1.54, 1.807) is 27.7 Å². The van der Waals surface area contributed by atoms with Crippen LogP contribution in [0.2, 0.25) is 0 Å². The number of ether oxygens (including phenoxy) is 3. The summed E-state index contributed by atoms with van der Waals surface area (Å²) in [5, 5.41) is 9.55. The average molecular weight is 414 g/mol. The first-order chi connectivity index (χ1) is 12.5. The van der Waals surface area contributed by atoms with E-state index < -0.39 is 47.1 Å². The topological polar surface area (TPSA) is 82.1 Å². The summed E-state index contributed by atoms with van der Waals surface area (Å²) >= 11 is 0. The minimum absolute atomic E-state index is 0.0827. The molecule has 0 saturated carbocycles. The van der Waals surface area contributed by atoms with Gasteiger partial charge < -0.3 is 19.3 Å². The molecule has 0 fully saturated rings. The molecule has 0 radical (unpaired) electrons. The summed E-state index contributed by atoms with van der Waals surface area (Å²) in [5.74, 6) is -1.23. The van der Waals surface area contributed by atoms with E-state index in [4.69, 9.17) is 14.2 Å². The highest BCUT2D eigenvalue weighted by molar-refractivity contribution is 5.80. The van der Waals surface area contributed by atoms with Gasteiger partial charge in [-0.25, -0.2) is 0 Å². The summed E-state index contributed by atoms with van der Waals surface area (Å²) in [6, 6.07) is 0. The van der Waals surface area contributed by atoms with Gasteiger partial charge in [-0.3, -0.25) is 9.59 Å². The van der Waals surface area contributed by atoms with Crippen molar-refractivity contribution in [3.8, 4) is 0 Å². The molecule has 0 aliphatic heterocycles. The highest BCUT2D eigenvalue weighted by Gasteiger charge is 2.51. The van der Waals surface area contributed by atoms with Crippen LogP contribution in [0.4, 0.5) is 13.2 Å². The third-order valence-electron chi connectivity index (χ3n) is 4.78. The van der Waals surface area contributed by atoms with Crippen LogP contribution in [-0.2, 0) is 23.8 Å². The number of halogens is 3. The number of hydrogen-bond acceptors (Lipinski definition) is 6. The Morgan fingerprint density at radius 2 is 1.57 bits per heavy atom. The van der Waals surface area contributed by atoms with Crippen LogP contribution < -0.4 is 0 Å². The van der Waals surface area contributed by atoms with Gasteiger partial charge in [-0.05, 0) is 47.5 Å². The molecular formula is C19H33F3O6. The lowest BCUT2D eigenvalue weighted by Gasteiger charge is -2.35. The fourth-order valence-corrected chi connectivity index (χ4v) is 2.84. The predicted molar refractivity (Wildman–Crippen MR) is 96.5 cm³/mol. The van der Waals surface area contributed by atoms with Gasteiger partial charge in [0.05, 0.1) is 17.4 Å². The lowest BCUT2D eigenvalue weighted by atomic mass is 9.72. The molecule has 0 heterocycles. The number of aliphatic hydroxyl groups is 1. The van der Waals surface area contributed by atoms with Crippen molar-refractivity contribution in [1.29, 1.82) is 0 Å². The third-order valence-corrected chi connectivity index (χ3v) is 4.78. The predicted octanol–water partition coefficient (Wildman–Crippen LogP) is 3.64. The van der Waals surface area contributed by atoms with Gasteiger partial charge in [-0.1, -0.05) is 6.92 Å². The quantitative estimate of drug-likeness (QED) is 0.411. The molecule has 6 nitrogen and oxygen atoms in total. The van der Waals surface area contributed by atoms with Gasteiger partial charge in [0.1, 0.15) is 12.7 Å². The summed E-state index contributed by atoms with van der Waals surface area (Å²) in [6.07, 6.45) is -6.31. The third kappa shape index (κ3) is 7.58. The van der Waals surface area contributed by atoms with Crippen molar-refractivity contribution in [3.63, 3.8) is 0 Å². The van der Waals surface area contributed by atoms with Crippen LogP contribution in [0.3, 0.4) is 0 Å². The van der Waals surface area contributed by atoms with Crippen LogP contribution in [0.25, 0.3) is 0 Å². The van der Waals surface area contributed by atoms with Gasteiger partial charge in [0.25, 0.3) is 0 Å². The Balaban J connectivity index is 5.06. The van der Waals surface area contributed by atoms with Crippen molar-refractivity contribution in [2.45, 2.75) is 78.7 Å². The van der Waals surface area contributed by atoms with Crippen LogP contribution in [0.15, 0.2) is 0 Å². The molecule has 0 bridgehead atoms. The van der Waals surface area contributed by atoms with Crippen LogP contribution in [-0.4, -0.2) is 55.3 Å². The monoisotopic (exact) mass is 414 g/mol. The minimum atomic E-state index is -4.84. The number of carbonyl (C=O) groups excluding carboxylic acids is 2. The first-order valence-electron chi connectivity index (χ1n) is 9.19. The normalized spacial score (nSPS) is 18.0. The molecule has 0 aliphatic carbocycles. The van der Waals surface area contributed by atoms with Crippen LogP contribution in [0.5, 0.6) is 0 Å². The van der Waals surface area contributed by atoms with Gasteiger partial charge in [-0.15, -0.1) is 0 Å². The molecule has 3 unspecified atom stereocenters. The molecular weight excluding hydrogens is 381 g/mol. The highest BCUT2D eigenvalue weighted by atomic mass is 19.4. The van der Waals surface area contributed by atoms with Crippen molar-refractivity contribution in [1.82, 2.24) is 0 Å². The zero-order valence-corrected chi connectivity index (χ0v) is 17.7. The molecule has 1 N–H and O–H groups in total.